The molecule has 6 nitrogen and oxygen atoms in total. The van der Waals surface area contributed by atoms with Crippen molar-refractivity contribution in [3.63, 3.8) is 0 Å². The average molecular weight is 304 g/mol. The quantitative estimate of drug-likeness (QED) is 0.750. The number of fused-ring (bicyclic) bond motifs is 1. The van der Waals surface area contributed by atoms with Crippen molar-refractivity contribution >= 4 is 23.2 Å². The number of aromatic nitrogens is 3. The van der Waals surface area contributed by atoms with Crippen LogP contribution >= 0.6 is 11.6 Å². The Morgan fingerprint density at radius 1 is 1.38 bits per heavy atom. The van der Waals surface area contributed by atoms with E-state index in [1.165, 1.54) is 18.3 Å². The standard InChI is InChI=1S/C14H10ClN3O3/c15-11-2-1-3-12-17-10(7-18(11)12)8-21-13-6-9(14(19)20)4-5-16-13/h1-7H,8H2,(H,19,20). The predicted octanol–water partition coefficient (Wildman–Crippen LogP) is 2.66. The third kappa shape index (κ3) is 2.80. The normalized spacial score (nSPS) is 10.7. The number of rotatable bonds is 4. The van der Waals surface area contributed by atoms with Gasteiger partial charge in [0.15, 0.2) is 0 Å². The Morgan fingerprint density at radius 3 is 3.00 bits per heavy atom. The molecule has 0 aromatic carbocycles. The summed E-state index contributed by atoms with van der Waals surface area (Å²) in [5, 5.41) is 9.46. The number of imidazole rings is 1. The zero-order valence-corrected chi connectivity index (χ0v) is 11.5. The lowest BCUT2D eigenvalue weighted by Crippen LogP contribution is -2.01. The Hall–Kier alpha value is -2.60. The Labute approximate surface area is 124 Å². The molecule has 3 aromatic heterocycles. The summed E-state index contributed by atoms with van der Waals surface area (Å²) in [5.74, 6) is -0.792. The maximum atomic E-state index is 10.9. The zero-order valence-electron chi connectivity index (χ0n) is 10.7. The minimum Gasteiger partial charge on any atom is -0.478 e. The summed E-state index contributed by atoms with van der Waals surface area (Å²) in [5.41, 5.74) is 1.51. The fourth-order valence-corrected chi connectivity index (χ4v) is 2.07. The number of carbonyl (C=O) groups is 1. The van der Waals surface area contributed by atoms with Crippen LogP contribution in [0.25, 0.3) is 5.65 Å². The maximum Gasteiger partial charge on any atom is 0.335 e. The molecule has 0 saturated heterocycles. The van der Waals surface area contributed by atoms with Gasteiger partial charge in [-0.25, -0.2) is 14.8 Å². The second kappa shape index (κ2) is 5.41. The first-order chi connectivity index (χ1) is 10.1. The number of carboxylic acid groups (broad SMARTS) is 1. The molecule has 0 amide bonds. The van der Waals surface area contributed by atoms with E-state index in [9.17, 15) is 4.79 Å². The van der Waals surface area contributed by atoms with E-state index in [1.807, 2.05) is 12.1 Å². The molecule has 106 valence electrons. The minimum absolute atomic E-state index is 0.123. The molecule has 0 radical (unpaired) electrons. The lowest BCUT2D eigenvalue weighted by Gasteiger charge is -2.03. The van der Waals surface area contributed by atoms with Crippen LogP contribution in [0.5, 0.6) is 5.88 Å². The van der Waals surface area contributed by atoms with Crippen LogP contribution in [-0.2, 0) is 6.61 Å². The van der Waals surface area contributed by atoms with Crippen LogP contribution in [0.3, 0.4) is 0 Å². The van der Waals surface area contributed by atoms with Crippen molar-refractivity contribution < 1.29 is 14.6 Å². The number of nitrogens with zero attached hydrogens (tertiary/aromatic N) is 3. The highest BCUT2D eigenvalue weighted by Crippen LogP contribution is 2.15. The van der Waals surface area contributed by atoms with Gasteiger partial charge < -0.3 is 9.84 Å². The number of aromatic carboxylic acids is 1. The highest BCUT2D eigenvalue weighted by molar-refractivity contribution is 6.29. The molecule has 0 aliphatic heterocycles. The van der Waals surface area contributed by atoms with Crippen LogP contribution in [0.15, 0.2) is 42.7 Å². The number of hydrogen-bond acceptors (Lipinski definition) is 4. The highest BCUT2D eigenvalue weighted by Gasteiger charge is 2.07. The smallest absolute Gasteiger partial charge is 0.335 e. The van der Waals surface area contributed by atoms with Gasteiger partial charge >= 0.3 is 5.97 Å². The van der Waals surface area contributed by atoms with Gasteiger partial charge in [-0.3, -0.25) is 4.40 Å². The van der Waals surface area contributed by atoms with Crippen LogP contribution in [0, 0.1) is 0 Å². The first-order valence-electron chi connectivity index (χ1n) is 6.08. The minimum atomic E-state index is -1.03. The number of pyridine rings is 2. The summed E-state index contributed by atoms with van der Waals surface area (Å²) in [6.45, 7) is 0.175. The highest BCUT2D eigenvalue weighted by atomic mass is 35.5. The van der Waals surface area contributed by atoms with Crippen LogP contribution in [-0.4, -0.2) is 25.4 Å². The van der Waals surface area contributed by atoms with Gasteiger partial charge in [-0.1, -0.05) is 17.7 Å². The fraction of sp³-hybridized carbons (Fsp3) is 0.0714. The van der Waals surface area contributed by atoms with Crippen LogP contribution in [0.4, 0.5) is 0 Å². The summed E-state index contributed by atoms with van der Waals surface area (Å²) in [6.07, 6.45) is 3.15. The SMILES string of the molecule is O=C(O)c1ccnc(OCc2cn3c(Cl)cccc3n2)c1. The summed E-state index contributed by atoms with van der Waals surface area (Å²) in [7, 11) is 0. The molecule has 21 heavy (non-hydrogen) atoms. The van der Waals surface area contributed by atoms with E-state index in [0.717, 1.165) is 0 Å². The molecule has 0 aliphatic rings. The molecule has 1 N–H and O–H groups in total. The average Bonchev–Trinajstić information content (AvgIpc) is 2.90. The second-order valence-corrected chi connectivity index (χ2v) is 4.67. The lowest BCUT2D eigenvalue weighted by molar-refractivity contribution is 0.0696. The summed E-state index contributed by atoms with van der Waals surface area (Å²) >= 11 is 6.05. The molecule has 7 heteroatoms. The van der Waals surface area contributed by atoms with E-state index < -0.39 is 5.97 Å². The molecule has 0 unspecified atom stereocenters. The third-order valence-electron chi connectivity index (χ3n) is 2.84. The van der Waals surface area contributed by atoms with Crippen molar-refractivity contribution in [3.8, 4) is 5.88 Å². The molecule has 0 atom stereocenters. The Balaban J connectivity index is 1.78. The van der Waals surface area contributed by atoms with E-state index in [-0.39, 0.29) is 18.1 Å². The van der Waals surface area contributed by atoms with Crippen molar-refractivity contribution in [2.24, 2.45) is 0 Å². The predicted molar refractivity (Wildman–Crippen MR) is 75.7 cm³/mol. The van der Waals surface area contributed by atoms with Crippen molar-refractivity contribution in [1.29, 1.82) is 0 Å². The fourth-order valence-electron chi connectivity index (χ4n) is 1.87. The number of halogens is 1. The van der Waals surface area contributed by atoms with E-state index >= 15 is 0 Å². The molecule has 0 bridgehead atoms. The largest absolute Gasteiger partial charge is 0.478 e. The molecular formula is C14H10ClN3O3. The third-order valence-corrected chi connectivity index (χ3v) is 3.15. The van der Waals surface area contributed by atoms with Gasteiger partial charge in [-0.2, -0.15) is 0 Å². The van der Waals surface area contributed by atoms with Gasteiger partial charge in [0.2, 0.25) is 5.88 Å². The van der Waals surface area contributed by atoms with Gasteiger partial charge in [0, 0.05) is 18.5 Å². The van der Waals surface area contributed by atoms with E-state index in [1.54, 1.807) is 16.7 Å². The number of ether oxygens (including phenoxy) is 1. The summed E-state index contributed by atoms with van der Waals surface area (Å²) in [6, 6.07) is 8.18. The monoisotopic (exact) mass is 303 g/mol. The molecule has 0 aliphatic carbocycles. The van der Waals surface area contributed by atoms with E-state index in [0.29, 0.717) is 16.5 Å². The summed E-state index contributed by atoms with van der Waals surface area (Å²) in [4.78, 5) is 19.2. The van der Waals surface area contributed by atoms with Gasteiger partial charge in [0.05, 0.1) is 11.3 Å². The zero-order chi connectivity index (χ0) is 14.8. The molecule has 3 heterocycles. The Bertz CT molecular complexity index is 816. The molecule has 0 saturated carbocycles. The summed E-state index contributed by atoms with van der Waals surface area (Å²) < 4.78 is 7.20. The van der Waals surface area contributed by atoms with Crippen molar-refractivity contribution in [2.45, 2.75) is 6.61 Å². The Kier molecular flexibility index (Phi) is 3.45. The molecule has 3 aromatic rings. The first-order valence-corrected chi connectivity index (χ1v) is 6.46. The van der Waals surface area contributed by atoms with E-state index in [4.69, 9.17) is 21.4 Å². The molecular weight excluding hydrogens is 294 g/mol. The van der Waals surface area contributed by atoms with Crippen LogP contribution in [0.2, 0.25) is 5.15 Å². The van der Waals surface area contributed by atoms with Crippen molar-refractivity contribution in [2.75, 3.05) is 0 Å². The van der Waals surface area contributed by atoms with Crippen LogP contribution in [0.1, 0.15) is 16.1 Å². The van der Waals surface area contributed by atoms with Gasteiger partial charge in [-0.05, 0) is 18.2 Å². The number of hydrogen-bond donors (Lipinski definition) is 1. The molecule has 3 rings (SSSR count). The maximum absolute atomic E-state index is 10.9. The van der Waals surface area contributed by atoms with Gasteiger partial charge in [0.25, 0.3) is 0 Å². The lowest BCUT2D eigenvalue weighted by atomic mass is 10.3. The molecule has 0 spiro atoms. The van der Waals surface area contributed by atoms with Gasteiger partial charge in [0.1, 0.15) is 17.4 Å². The molecule has 0 fully saturated rings. The topological polar surface area (TPSA) is 76.7 Å². The second-order valence-electron chi connectivity index (χ2n) is 4.29. The van der Waals surface area contributed by atoms with E-state index in [2.05, 4.69) is 9.97 Å². The van der Waals surface area contributed by atoms with Gasteiger partial charge in [-0.15, -0.1) is 0 Å². The first kappa shape index (κ1) is 13.4. The van der Waals surface area contributed by atoms with Crippen molar-refractivity contribution in [3.05, 3.63) is 59.1 Å². The Morgan fingerprint density at radius 2 is 2.24 bits per heavy atom. The van der Waals surface area contributed by atoms with Crippen molar-refractivity contribution in [1.82, 2.24) is 14.4 Å². The number of carboxylic acids is 1. The van der Waals surface area contributed by atoms with Crippen LogP contribution < -0.4 is 4.74 Å².